The Morgan fingerprint density at radius 3 is 2.75 bits per heavy atom. The summed E-state index contributed by atoms with van der Waals surface area (Å²) in [5.74, 6) is -0.582. The number of nitrogens with one attached hydrogen (secondary N) is 2. The molecule has 0 fully saturated rings. The molecule has 0 radical (unpaired) electrons. The van der Waals surface area contributed by atoms with Crippen molar-refractivity contribution in [3.8, 4) is 0 Å². The Labute approximate surface area is 163 Å². The number of hydrogen-bond acceptors (Lipinski definition) is 3. The molecule has 6 nitrogen and oxygen atoms in total. The van der Waals surface area contributed by atoms with E-state index in [1.807, 2.05) is 24.3 Å². The summed E-state index contributed by atoms with van der Waals surface area (Å²) in [6, 6.07) is 15.4. The minimum absolute atomic E-state index is 0.00837. The van der Waals surface area contributed by atoms with Crippen LogP contribution in [0, 0.1) is 0 Å². The second-order valence-electron chi connectivity index (χ2n) is 7.26. The molecule has 6 heteroatoms. The van der Waals surface area contributed by atoms with Crippen LogP contribution in [0.4, 0.5) is 11.4 Å². The van der Waals surface area contributed by atoms with Crippen LogP contribution in [0.5, 0.6) is 0 Å². The Bertz CT molecular complexity index is 925. The first-order valence-corrected chi connectivity index (χ1v) is 9.68. The lowest BCUT2D eigenvalue weighted by molar-refractivity contribution is -0.126. The summed E-state index contributed by atoms with van der Waals surface area (Å²) in [5, 5.41) is 5.83. The normalized spacial score (nSPS) is 17.9. The maximum absolute atomic E-state index is 12.7. The van der Waals surface area contributed by atoms with Crippen LogP contribution in [0.15, 0.2) is 48.5 Å². The van der Waals surface area contributed by atoms with E-state index in [-0.39, 0.29) is 43.1 Å². The monoisotopic (exact) mass is 377 g/mol. The molecule has 4 rings (SSSR count). The standard InChI is InChI=1S/C22H23N3O3/c26-20(23-17-10-5-7-15-6-1-2-8-16(15)17)12-13-22(28)25-14-21(27)24-18-9-3-4-11-19(18)25/h1-4,6,8-9,11,17H,5,7,10,12-14H2,(H,23,26)(H,24,27). The van der Waals surface area contributed by atoms with Crippen LogP contribution in [0.25, 0.3) is 0 Å². The Morgan fingerprint density at radius 1 is 1.07 bits per heavy atom. The van der Waals surface area contributed by atoms with Crippen LogP contribution < -0.4 is 15.5 Å². The fourth-order valence-electron chi connectivity index (χ4n) is 3.98. The van der Waals surface area contributed by atoms with Gasteiger partial charge in [-0.25, -0.2) is 0 Å². The number of para-hydroxylation sites is 2. The quantitative estimate of drug-likeness (QED) is 0.860. The number of aryl methyl sites for hydroxylation is 1. The summed E-state index contributed by atoms with van der Waals surface area (Å²) in [6.45, 7) is -0.0204. The molecule has 2 aliphatic rings. The maximum Gasteiger partial charge on any atom is 0.244 e. The van der Waals surface area contributed by atoms with Crippen LogP contribution in [0.3, 0.4) is 0 Å². The van der Waals surface area contributed by atoms with Gasteiger partial charge in [0.15, 0.2) is 0 Å². The van der Waals surface area contributed by atoms with Gasteiger partial charge >= 0.3 is 0 Å². The third kappa shape index (κ3) is 3.76. The number of rotatable bonds is 4. The van der Waals surface area contributed by atoms with Crippen molar-refractivity contribution >= 4 is 29.1 Å². The first-order valence-electron chi connectivity index (χ1n) is 9.68. The third-order valence-electron chi connectivity index (χ3n) is 5.34. The molecule has 0 saturated carbocycles. The molecular weight excluding hydrogens is 354 g/mol. The van der Waals surface area contributed by atoms with Gasteiger partial charge in [0.25, 0.3) is 0 Å². The van der Waals surface area contributed by atoms with E-state index in [0.717, 1.165) is 19.3 Å². The first kappa shape index (κ1) is 18.2. The predicted molar refractivity (Wildman–Crippen MR) is 107 cm³/mol. The molecule has 0 aromatic heterocycles. The van der Waals surface area contributed by atoms with Gasteiger partial charge in [0.2, 0.25) is 17.7 Å². The van der Waals surface area contributed by atoms with Crippen molar-refractivity contribution in [1.82, 2.24) is 5.32 Å². The van der Waals surface area contributed by atoms with Crippen molar-refractivity contribution in [3.63, 3.8) is 0 Å². The highest BCUT2D eigenvalue weighted by molar-refractivity contribution is 6.10. The van der Waals surface area contributed by atoms with Crippen LogP contribution in [-0.2, 0) is 20.8 Å². The number of fused-ring (bicyclic) bond motifs is 2. The van der Waals surface area contributed by atoms with Gasteiger partial charge in [-0.3, -0.25) is 14.4 Å². The van der Waals surface area contributed by atoms with E-state index in [1.165, 1.54) is 16.0 Å². The topological polar surface area (TPSA) is 78.5 Å². The van der Waals surface area contributed by atoms with Crippen molar-refractivity contribution < 1.29 is 14.4 Å². The SMILES string of the molecule is O=C1CN(C(=O)CCC(=O)NC2CCCc3ccccc32)c2ccccc2N1. The van der Waals surface area contributed by atoms with E-state index in [9.17, 15) is 14.4 Å². The molecule has 0 bridgehead atoms. The molecule has 3 amide bonds. The summed E-state index contributed by atoms with van der Waals surface area (Å²) >= 11 is 0. The third-order valence-corrected chi connectivity index (χ3v) is 5.34. The van der Waals surface area contributed by atoms with Crippen LogP contribution >= 0.6 is 0 Å². The summed E-state index contributed by atoms with van der Waals surface area (Å²) < 4.78 is 0. The van der Waals surface area contributed by atoms with Gasteiger partial charge in [-0.15, -0.1) is 0 Å². The lowest BCUT2D eigenvalue weighted by Crippen LogP contribution is -2.42. The van der Waals surface area contributed by atoms with Crippen molar-refractivity contribution in [2.24, 2.45) is 0 Å². The van der Waals surface area contributed by atoms with Crippen molar-refractivity contribution in [1.29, 1.82) is 0 Å². The summed E-state index contributed by atoms with van der Waals surface area (Å²) in [5.41, 5.74) is 3.75. The molecule has 2 N–H and O–H groups in total. The zero-order valence-corrected chi connectivity index (χ0v) is 15.6. The summed E-state index contributed by atoms with van der Waals surface area (Å²) in [7, 11) is 0. The number of carbonyl (C=O) groups is 3. The molecule has 0 saturated heterocycles. The van der Waals surface area contributed by atoms with E-state index < -0.39 is 0 Å². The second-order valence-corrected chi connectivity index (χ2v) is 7.26. The predicted octanol–water partition coefficient (Wildman–Crippen LogP) is 2.95. The van der Waals surface area contributed by atoms with Gasteiger partial charge in [-0.05, 0) is 42.5 Å². The van der Waals surface area contributed by atoms with Gasteiger partial charge in [-0.1, -0.05) is 36.4 Å². The lowest BCUT2D eigenvalue weighted by Gasteiger charge is -2.29. The Hall–Kier alpha value is -3.15. The smallest absolute Gasteiger partial charge is 0.244 e. The fourth-order valence-corrected chi connectivity index (χ4v) is 3.98. The van der Waals surface area contributed by atoms with Crippen LogP contribution in [0.1, 0.15) is 42.9 Å². The summed E-state index contributed by atoms with van der Waals surface area (Å²) in [6.07, 6.45) is 3.17. The maximum atomic E-state index is 12.7. The summed E-state index contributed by atoms with van der Waals surface area (Å²) in [4.78, 5) is 38.5. The van der Waals surface area contributed by atoms with Crippen molar-refractivity contribution in [3.05, 3.63) is 59.7 Å². The number of nitrogens with zero attached hydrogens (tertiary/aromatic N) is 1. The number of benzene rings is 2. The number of carbonyl (C=O) groups excluding carboxylic acids is 3. The molecule has 1 aliphatic heterocycles. The molecule has 1 aliphatic carbocycles. The molecule has 2 aromatic rings. The lowest BCUT2D eigenvalue weighted by atomic mass is 9.87. The van der Waals surface area contributed by atoms with Gasteiger partial charge in [0.05, 0.1) is 17.4 Å². The highest BCUT2D eigenvalue weighted by Crippen LogP contribution is 2.30. The molecule has 1 atom stereocenters. The molecule has 1 heterocycles. The zero-order chi connectivity index (χ0) is 19.5. The average Bonchev–Trinajstić information content (AvgIpc) is 2.71. The van der Waals surface area contributed by atoms with E-state index in [0.29, 0.717) is 11.4 Å². The minimum Gasteiger partial charge on any atom is -0.349 e. The average molecular weight is 377 g/mol. The zero-order valence-electron chi connectivity index (χ0n) is 15.6. The van der Waals surface area contributed by atoms with E-state index in [2.05, 4.69) is 22.8 Å². The molecular formula is C22H23N3O3. The minimum atomic E-state index is -0.227. The van der Waals surface area contributed by atoms with E-state index >= 15 is 0 Å². The Morgan fingerprint density at radius 2 is 1.86 bits per heavy atom. The van der Waals surface area contributed by atoms with Crippen molar-refractivity contribution in [2.75, 3.05) is 16.8 Å². The second kappa shape index (κ2) is 7.84. The first-order chi connectivity index (χ1) is 13.6. The largest absolute Gasteiger partial charge is 0.349 e. The Balaban J connectivity index is 1.37. The molecule has 0 spiro atoms. The number of amides is 3. The van der Waals surface area contributed by atoms with Gasteiger partial charge in [-0.2, -0.15) is 0 Å². The number of anilines is 2. The van der Waals surface area contributed by atoms with Crippen LogP contribution in [-0.4, -0.2) is 24.3 Å². The van der Waals surface area contributed by atoms with Gasteiger partial charge in [0, 0.05) is 12.8 Å². The van der Waals surface area contributed by atoms with Gasteiger partial charge in [0.1, 0.15) is 6.54 Å². The molecule has 144 valence electrons. The highest BCUT2D eigenvalue weighted by Gasteiger charge is 2.27. The van der Waals surface area contributed by atoms with E-state index in [4.69, 9.17) is 0 Å². The molecule has 1 unspecified atom stereocenters. The van der Waals surface area contributed by atoms with Crippen molar-refractivity contribution in [2.45, 2.75) is 38.1 Å². The molecule has 2 aromatic carbocycles. The van der Waals surface area contributed by atoms with E-state index in [1.54, 1.807) is 12.1 Å². The highest BCUT2D eigenvalue weighted by atomic mass is 16.2. The Kier molecular flexibility index (Phi) is 5.10. The fraction of sp³-hybridized carbons (Fsp3) is 0.318. The molecule has 28 heavy (non-hydrogen) atoms. The van der Waals surface area contributed by atoms with Gasteiger partial charge < -0.3 is 15.5 Å². The number of hydrogen-bond donors (Lipinski definition) is 2. The van der Waals surface area contributed by atoms with Crippen LogP contribution in [0.2, 0.25) is 0 Å².